The summed E-state index contributed by atoms with van der Waals surface area (Å²) in [6.07, 6.45) is -0.481. The van der Waals surface area contributed by atoms with Gasteiger partial charge in [-0.2, -0.15) is 0 Å². The Labute approximate surface area is 138 Å². The SMILES string of the molecule is COC(=O)CC(NC(=O)C(C)OCC(C)C)c1ccc(C)cc1. The van der Waals surface area contributed by atoms with Crippen molar-refractivity contribution in [2.45, 2.75) is 46.3 Å². The van der Waals surface area contributed by atoms with Gasteiger partial charge in [0.25, 0.3) is 0 Å². The van der Waals surface area contributed by atoms with E-state index < -0.39 is 12.1 Å². The number of amides is 1. The van der Waals surface area contributed by atoms with Crippen molar-refractivity contribution in [3.05, 3.63) is 35.4 Å². The number of hydrogen-bond donors (Lipinski definition) is 1. The van der Waals surface area contributed by atoms with Crippen molar-refractivity contribution in [3.63, 3.8) is 0 Å². The molecular weight excluding hydrogens is 294 g/mol. The highest BCUT2D eigenvalue weighted by Crippen LogP contribution is 2.18. The molecule has 0 spiro atoms. The predicted octanol–water partition coefficient (Wildman–Crippen LogP) is 2.78. The zero-order valence-electron chi connectivity index (χ0n) is 14.6. The summed E-state index contributed by atoms with van der Waals surface area (Å²) in [6.45, 7) is 8.26. The lowest BCUT2D eigenvalue weighted by Crippen LogP contribution is -2.38. The Bertz CT molecular complexity index is 510. The maximum absolute atomic E-state index is 12.3. The monoisotopic (exact) mass is 321 g/mol. The summed E-state index contributed by atoms with van der Waals surface area (Å²) in [7, 11) is 1.34. The van der Waals surface area contributed by atoms with E-state index in [-0.39, 0.29) is 18.3 Å². The van der Waals surface area contributed by atoms with E-state index in [9.17, 15) is 9.59 Å². The van der Waals surface area contributed by atoms with Crippen LogP contribution < -0.4 is 5.32 Å². The summed E-state index contributed by atoms with van der Waals surface area (Å²) in [6, 6.07) is 7.28. The van der Waals surface area contributed by atoms with Crippen LogP contribution in [0.4, 0.5) is 0 Å². The Morgan fingerprint density at radius 1 is 1.13 bits per heavy atom. The minimum absolute atomic E-state index is 0.0855. The quantitative estimate of drug-likeness (QED) is 0.748. The van der Waals surface area contributed by atoms with E-state index in [1.54, 1.807) is 6.92 Å². The van der Waals surface area contributed by atoms with Gasteiger partial charge in [-0.25, -0.2) is 0 Å². The first-order chi connectivity index (χ1) is 10.8. The molecule has 2 atom stereocenters. The second-order valence-corrected chi connectivity index (χ2v) is 6.12. The molecule has 0 aliphatic heterocycles. The minimum atomic E-state index is -0.567. The number of ether oxygens (including phenoxy) is 2. The normalized spacial score (nSPS) is 13.5. The third kappa shape index (κ3) is 6.82. The number of methoxy groups -OCH3 is 1. The fourth-order valence-electron chi connectivity index (χ4n) is 2.00. The Kier molecular flexibility index (Phi) is 7.75. The molecule has 0 aliphatic rings. The molecule has 1 amide bonds. The molecule has 0 radical (unpaired) electrons. The Morgan fingerprint density at radius 2 is 1.74 bits per heavy atom. The Morgan fingerprint density at radius 3 is 2.26 bits per heavy atom. The lowest BCUT2D eigenvalue weighted by Gasteiger charge is -2.21. The van der Waals surface area contributed by atoms with Crippen molar-refractivity contribution in [1.82, 2.24) is 5.32 Å². The van der Waals surface area contributed by atoms with Gasteiger partial charge in [0.05, 0.1) is 19.6 Å². The summed E-state index contributed by atoms with van der Waals surface area (Å²) in [5.74, 6) is -0.250. The van der Waals surface area contributed by atoms with E-state index >= 15 is 0 Å². The van der Waals surface area contributed by atoms with E-state index in [1.165, 1.54) is 7.11 Å². The molecule has 1 rings (SSSR count). The van der Waals surface area contributed by atoms with Gasteiger partial charge >= 0.3 is 5.97 Å². The Balaban J connectivity index is 2.78. The molecule has 0 saturated heterocycles. The van der Waals surface area contributed by atoms with Crippen molar-refractivity contribution >= 4 is 11.9 Å². The molecule has 1 aromatic rings. The van der Waals surface area contributed by atoms with Gasteiger partial charge in [-0.1, -0.05) is 43.7 Å². The maximum Gasteiger partial charge on any atom is 0.307 e. The van der Waals surface area contributed by atoms with Crippen LogP contribution in [-0.4, -0.2) is 31.7 Å². The topological polar surface area (TPSA) is 64.6 Å². The molecule has 0 fully saturated rings. The lowest BCUT2D eigenvalue weighted by atomic mass is 10.0. The molecule has 0 aromatic heterocycles. The Hall–Kier alpha value is -1.88. The second-order valence-electron chi connectivity index (χ2n) is 6.12. The van der Waals surface area contributed by atoms with Crippen molar-refractivity contribution in [3.8, 4) is 0 Å². The molecule has 5 nitrogen and oxygen atoms in total. The third-order valence-corrected chi connectivity index (χ3v) is 3.44. The number of nitrogens with one attached hydrogen (secondary N) is 1. The van der Waals surface area contributed by atoms with Gasteiger partial charge in [0.2, 0.25) is 5.91 Å². The van der Waals surface area contributed by atoms with Crippen LogP contribution in [0.15, 0.2) is 24.3 Å². The maximum atomic E-state index is 12.3. The van der Waals surface area contributed by atoms with Gasteiger partial charge < -0.3 is 14.8 Å². The molecule has 0 aliphatic carbocycles. The molecule has 0 heterocycles. The summed E-state index contributed by atoms with van der Waals surface area (Å²) in [5.41, 5.74) is 1.98. The molecule has 0 saturated carbocycles. The number of rotatable bonds is 8. The largest absolute Gasteiger partial charge is 0.469 e. The summed E-state index contributed by atoms with van der Waals surface area (Å²) in [4.78, 5) is 23.9. The molecule has 128 valence electrons. The fraction of sp³-hybridized carbons (Fsp3) is 0.556. The van der Waals surface area contributed by atoms with Gasteiger partial charge in [0, 0.05) is 6.61 Å². The molecule has 23 heavy (non-hydrogen) atoms. The average molecular weight is 321 g/mol. The highest BCUT2D eigenvalue weighted by atomic mass is 16.5. The van der Waals surface area contributed by atoms with E-state index in [0.717, 1.165) is 11.1 Å². The van der Waals surface area contributed by atoms with E-state index in [2.05, 4.69) is 5.32 Å². The number of aryl methyl sites for hydroxylation is 1. The van der Waals surface area contributed by atoms with E-state index in [1.807, 2.05) is 45.0 Å². The van der Waals surface area contributed by atoms with Crippen LogP contribution in [-0.2, 0) is 19.1 Å². The van der Waals surface area contributed by atoms with Gasteiger partial charge in [-0.3, -0.25) is 9.59 Å². The van der Waals surface area contributed by atoms with Crippen molar-refractivity contribution in [2.24, 2.45) is 5.92 Å². The molecular formula is C18H27NO4. The van der Waals surface area contributed by atoms with Crippen LogP contribution in [0.2, 0.25) is 0 Å². The fourth-order valence-corrected chi connectivity index (χ4v) is 2.00. The van der Waals surface area contributed by atoms with Crippen LogP contribution in [0.25, 0.3) is 0 Å². The molecule has 1 N–H and O–H groups in total. The number of carbonyl (C=O) groups excluding carboxylic acids is 2. The zero-order valence-corrected chi connectivity index (χ0v) is 14.6. The molecule has 1 aromatic carbocycles. The smallest absolute Gasteiger partial charge is 0.307 e. The first kappa shape index (κ1) is 19.2. The number of esters is 1. The molecule has 5 heteroatoms. The summed E-state index contributed by atoms with van der Waals surface area (Å²) < 4.78 is 10.2. The van der Waals surface area contributed by atoms with Crippen LogP contribution in [0.3, 0.4) is 0 Å². The highest BCUT2D eigenvalue weighted by Gasteiger charge is 2.22. The predicted molar refractivity (Wildman–Crippen MR) is 88.9 cm³/mol. The van der Waals surface area contributed by atoms with Gasteiger partial charge in [-0.15, -0.1) is 0 Å². The van der Waals surface area contributed by atoms with Crippen molar-refractivity contribution < 1.29 is 19.1 Å². The van der Waals surface area contributed by atoms with E-state index in [4.69, 9.17) is 9.47 Å². The number of benzene rings is 1. The first-order valence-electron chi connectivity index (χ1n) is 7.88. The number of carbonyl (C=O) groups is 2. The van der Waals surface area contributed by atoms with Crippen LogP contribution in [0.5, 0.6) is 0 Å². The average Bonchev–Trinajstić information content (AvgIpc) is 2.52. The van der Waals surface area contributed by atoms with Gasteiger partial charge in [-0.05, 0) is 25.3 Å². The summed E-state index contributed by atoms with van der Waals surface area (Å²) >= 11 is 0. The van der Waals surface area contributed by atoms with Crippen LogP contribution in [0, 0.1) is 12.8 Å². The van der Waals surface area contributed by atoms with E-state index in [0.29, 0.717) is 12.5 Å². The molecule has 0 bridgehead atoms. The van der Waals surface area contributed by atoms with Crippen LogP contribution >= 0.6 is 0 Å². The van der Waals surface area contributed by atoms with Crippen LogP contribution in [0.1, 0.15) is 44.4 Å². The summed E-state index contributed by atoms with van der Waals surface area (Å²) in [5, 5.41) is 2.88. The number of hydrogen-bond acceptors (Lipinski definition) is 4. The lowest BCUT2D eigenvalue weighted by molar-refractivity contribution is -0.141. The van der Waals surface area contributed by atoms with Crippen molar-refractivity contribution in [2.75, 3.05) is 13.7 Å². The molecule has 2 unspecified atom stereocenters. The highest BCUT2D eigenvalue weighted by molar-refractivity contribution is 5.81. The zero-order chi connectivity index (χ0) is 17.4. The first-order valence-corrected chi connectivity index (χ1v) is 7.88. The standard InChI is InChI=1S/C18H27NO4/c1-12(2)11-23-14(4)18(21)19-16(10-17(20)22-5)15-8-6-13(3)7-9-15/h6-9,12,14,16H,10-11H2,1-5H3,(H,19,21). The van der Waals surface area contributed by atoms with Crippen molar-refractivity contribution in [1.29, 1.82) is 0 Å². The van der Waals surface area contributed by atoms with Gasteiger partial charge in [0.15, 0.2) is 0 Å². The van der Waals surface area contributed by atoms with Gasteiger partial charge in [0.1, 0.15) is 6.10 Å². The third-order valence-electron chi connectivity index (χ3n) is 3.44. The second kappa shape index (κ2) is 9.30. The minimum Gasteiger partial charge on any atom is -0.469 e.